The van der Waals surface area contributed by atoms with Gasteiger partial charge in [-0.1, -0.05) is 11.6 Å². The number of ether oxygens (including phenoxy) is 4. The van der Waals surface area contributed by atoms with Gasteiger partial charge < -0.3 is 30.0 Å². The molecular formula is C20H21ClN2O8S. The number of nitrogens with two attached hydrogens (primary N) is 1. The first-order valence-corrected chi connectivity index (χ1v) is 10.4. The molecule has 2 amide bonds. The summed E-state index contributed by atoms with van der Waals surface area (Å²) in [6.45, 7) is 0.607. The molecule has 0 radical (unpaired) electrons. The first-order chi connectivity index (χ1) is 15.2. The van der Waals surface area contributed by atoms with Crippen LogP contribution in [0.1, 0.15) is 25.6 Å². The van der Waals surface area contributed by atoms with Crippen molar-refractivity contribution in [3.8, 4) is 5.75 Å². The van der Waals surface area contributed by atoms with E-state index in [4.69, 9.17) is 36.3 Å². The van der Waals surface area contributed by atoms with Gasteiger partial charge in [-0.3, -0.25) is 9.59 Å². The van der Waals surface area contributed by atoms with Crippen LogP contribution in [0.5, 0.6) is 5.75 Å². The zero-order valence-corrected chi connectivity index (χ0v) is 18.8. The van der Waals surface area contributed by atoms with Crippen LogP contribution < -0.4 is 15.8 Å². The number of rotatable bonds is 11. The van der Waals surface area contributed by atoms with Gasteiger partial charge >= 0.3 is 11.9 Å². The minimum atomic E-state index is -0.783. The first kappa shape index (κ1) is 25.1. The number of thiophene rings is 1. The third-order valence-corrected chi connectivity index (χ3v) is 5.36. The van der Waals surface area contributed by atoms with Crippen LogP contribution in [0.4, 0.5) is 5.00 Å². The lowest BCUT2D eigenvalue weighted by molar-refractivity contribution is -0.149. The van der Waals surface area contributed by atoms with Crippen molar-refractivity contribution < 1.29 is 38.1 Å². The Balaban J connectivity index is 1.96. The standard InChI is InChI=1S/C20H21ClN2O8S/c1-11-16(20(27)29-8-7-28-2)19(32-17(11)18(22)26)23-14(24)9-31-15(25)10-30-13-5-3-12(21)4-6-13/h3-6H,7-10H2,1-2H3,(H2,22,26)(H,23,24). The molecule has 0 aliphatic carbocycles. The van der Waals surface area contributed by atoms with Crippen molar-refractivity contribution in [2.24, 2.45) is 5.73 Å². The molecule has 3 N–H and O–H groups in total. The Morgan fingerprint density at radius 3 is 2.38 bits per heavy atom. The minimum Gasteiger partial charge on any atom is -0.482 e. The van der Waals surface area contributed by atoms with E-state index >= 15 is 0 Å². The Morgan fingerprint density at radius 1 is 1.06 bits per heavy atom. The first-order valence-electron chi connectivity index (χ1n) is 9.16. The van der Waals surface area contributed by atoms with Gasteiger partial charge in [-0.05, 0) is 36.8 Å². The maximum atomic E-state index is 12.4. The predicted molar refractivity (Wildman–Crippen MR) is 116 cm³/mol. The lowest BCUT2D eigenvalue weighted by Crippen LogP contribution is -2.24. The van der Waals surface area contributed by atoms with Gasteiger partial charge in [0.25, 0.3) is 11.8 Å². The van der Waals surface area contributed by atoms with Gasteiger partial charge in [0.05, 0.1) is 17.0 Å². The van der Waals surface area contributed by atoms with E-state index in [9.17, 15) is 19.2 Å². The molecule has 0 spiro atoms. The minimum absolute atomic E-state index is 0.00866. The molecule has 32 heavy (non-hydrogen) atoms. The summed E-state index contributed by atoms with van der Waals surface area (Å²) in [6, 6.07) is 6.34. The van der Waals surface area contributed by atoms with E-state index in [1.54, 1.807) is 24.3 Å². The third-order valence-electron chi connectivity index (χ3n) is 3.88. The van der Waals surface area contributed by atoms with E-state index in [-0.39, 0.29) is 34.2 Å². The van der Waals surface area contributed by atoms with Gasteiger partial charge in [0.15, 0.2) is 13.2 Å². The predicted octanol–water partition coefficient (Wildman–Crippen LogP) is 2.17. The quantitative estimate of drug-likeness (QED) is 0.365. The number of hydrogen-bond acceptors (Lipinski definition) is 9. The average molecular weight is 485 g/mol. The Morgan fingerprint density at radius 2 is 1.75 bits per heavy atom. The molecule has 0 saturated carbocycles. The number of carbonyl (C=O) groups is 4. The van der Waals surface area contributed by atoms with Crippen molar-refractivity contribution in [2.45, 2.75) is 6.92 Å². The fourth-order valence-electron chi connectivity index (χ4n) is 2.40. The molecule has 0 saturated heterocycles. The smallest absolute Gasteiger partial charge is 0.344 e. The summed E-state index contributed by atoms with van der Waals surface area (Å²) in [5.74, 6) is -2.63. The maximum Gasteiger partial charge on any atom is 0.344 e. The summed E-state index contributed by atoms with van der Waals surface area (Å²) in [7, 11) is 1.45. The second-order valence-electron chi connectivity index (χ2n) is 6.20. The Labute approximate surface area is 192 Å². The summed E-state index contributed by atoms with van der Waals surface area (Å²) in [5.41, 5.74) is 5.60. The largest absolute Gasteiger partial charge is 0.482 e. The highest BCUT2D eigenvalue weighted by atomic mass is 35.5. The zero-order valence-electron chi connectivity index (χ0n) is 17.3. The lowest BCUT2D eigenvalue weighted by Gasteiger charge is -2.09. The number of halogens is 1. The number of nitrogens with one attached hydrogen (secondary N) is 1. The number of amides is 2. The van der Waals surface area contributed by atoms with Gasteiger partial charge in [-0.2, -0.15) is 0 Å². The summed E-state index contributed by atoms with van der Waals surface area (Å²) >= 11 is 6.58. The molecule has 172 valence electrons. The molecule has 1 aromatic carbocycles. The van der Waals surface area contributed by atoms with Crippen LogP contribution in [0.15, 0.2) is 24.3 Å². The van der Waals surface area contributed by atoms with Gasteiger partial charge in [0.1, 0.15) is 17.4 Å². The van der Waals surface area contributed by atoms with Crippen LogP contribution in [0.25, 0.3) is 0 Å². The second-order valence-corrected chi connectivity index (χ2v) is 7.66. The number of benzene rings is 1. The van der Waals surface area contributed by atoms with Crippen molar-refractivity contribution in [3.63, 3.8) is 0 Å². The van der Waals surface area contributed by atoms with Crippen molar-refractivity contribution in [2.75, 3.05) is 38.9 Å². The second kappa shape index (κ2) is 12.0. The van der Waals surface area contributed by atoms with E-state index in [0.29, 0.717) is 10.8 Å². The molecular weight excluding hydrogens is 464 g/mol. The Kier molecular flexibility index (Phi) is 9.44. The van der Waals surface area contributed by atoms with Crippen LogP contribution in [0.3, 0.4) is 0 Å². The summed E-state index contributed by atoms with van der Waals surface area (Å²) in [6.07, 6.45) is 0. The molecule has 0 fully saturated rings. The number of hydrogen-bond donors (Lipinski definition) is 2. The zero-order chi connectivity index (χ0) is 23.7. The summed E-state index contributed by atoms with van der Waals surface area (Å²) < 4.78 is 20.0. The molecule has 0 aliphatic heterocycles. The van der Waals surface area contributed by atoms with Crippen LogP contribution in [0, 0.1) is 6.92 Å². The maximum absolute atomic E-state index is 12.4. The molecule has 1 heterocycles. The molecule has 0 aliphatic rings. The molecule has 0 unspecified atom stereocenters. The van der Waals surface area contributed by atoms with Crippen LogP contribution in [-0.4, -0.2) is 57.3 Å². The van der Waals surface area contributed by atoms with Crippen LogP contribution in [0.2, 0.25) is 5.02 Å². The number of carbonyl (C=O) groups excluding carboxylic acids is 4. The van der Waals surface area contributed by atoms with Crippen molar-refractivity contribution in [1.29, 1.82) is 0 Å². The molecule has 12 heteroatoms. The fraction of sp³-hybridized carbons (Fsp3) is 0.300. The number of anilines is 1. The van der Waals surface area contributed by atoms with Gasteiger partial charge in [0.2, 0.25) is 0 Å². The van der Waals surface area contributed by atoms with Gasteiger partial charge in [-0.25, -0.2) is 9.59 Å². The summed E-state index contributed by atoms with van der Waals surface area (Å²) in [5, 5.41) is 3.01. The topological polar surface area (TPSA) is 143 Å². The molecule has 2 rings (SSSR count). The molecule has 10 nitrogen and oxygen atoms in total. The molecule has 0 atom stereocenters. The molecule has 1 aromatic heterocycles. The van der Waals surface area contributed by atoms with E-state index in [2.05, 4.69) is 5.32 Å². The Bertz CT molecular complexity index is 990. The Hall–Kier alpha value is -3.15. The van der Waals surface area contributed by atoms with E-state index in [0.717, 1.165) is 11.3 Å². The fourth-order valence-corrected chi connectivity index (χ4v) is 3.58. The summed E-state index contributed by atoms with van der Waals surface area (Å²) in [4.78, 5) is 48.2. The number of methoxy groups -OCH3 is 1. The normalized spacial score (nSPS) is 10.3. The lowest BCUT2D eigenvalue weighted by atomic mass is 10.1. The SMILES string of the molecule is COCCOC(=O)c1c(NC(=O)COC(=O)COc2ccc(Cl)cc2)sc(C(N)=O)c1C. The molecule has 2 aromatic rings. The molecule has 0 bridgehead atoms. The highest BCUT2D eigenvalue weighted by Gasteiger charge is 2.26. The van der Waals surface area contributed by atoms with Crippen LogP contribution >= 0.6 is 22.9 Å². The van der Waals surface area contributed by atoms with E-state index in [1.807, 2.05) is 0 Å². The number of primary amides is 1. The van der Waals surface area contributed by atoms with Gasteiger partial charge in [0, 0.05) is 12.1 Å². The monoisotopic (exact) mass is 484 g/mol. The van der Waals surface area contributed by atoms with E-state index < -0.39 is 37.0 Å². The van der Waals surface area contributed by atoms with Crippen molar-refractivity contribution >= 4 is 51.7 Å². The van der Waals surface area contributed by atoms with Crippen LogP contribution in [-0.2, 0) is 23.8 Å². The van der Waals surface area contributed by atoms with E-state index in [1.165, 1.54) is 14.0 Å². The highest BCUT2D eigenvalue weighted by molar-refractivity contribution is 7.18. The number of esters is 2. The average Bonchev–Trinajstić information content (AvgIpc) is 3.08. The van der Waals surface area contributed by atoms with Gasteiger partial charge in [-0.15, -0.1) is 11.3 Å². The van der Waals surface area contributed by atoms with Crippen molar-refractivity contribution in [1.82, 2.24) is 0 Å². The highest BCUT2D eigenvalue weighted by Crippen LogP contribution is 2.33. The van der Waals surface area contributed by atoms with Crippen molar-refractivity contribution in [3.05, 3.63) is 45.3 Å². The third kappa shape index (κ3) is 7.22.